The monoisotopic (exact) mass is 402 g/mol. The lowest BCUT2D eigenvalue weighted by Gasteiger charge is -2.15. The van der Waals surface area contributed by atoms with E-state index >= 15 is 0 Å². The lowest BCUT2D eigenvalue weighted by Crippen LogP contribution is -2.23. The Bertz CT molecular complexity index is 1210. The van der Waals surface area contributed by atoms with Crippen LogP contribution in [0.25, 0.3) is 5.70 Å². The van der Waals surface area contributed by atoms with E-state index in [1.54, 1.807) is 37.1 Å². The van der Waals surface area contributed by atoms with Crippen LogP contribution in [0.5, 0.6) is 0 Å². The Hall–Kier alpha value is -3.94. The number of aromatic nitrogens is 3. The van der Waals surface area contributed by atoms with Crippen LogP contribution in [0.2, 0.25) is 0 Å². The predicted octanol–water partition coefficient (Wildman–Crippen LogP) is 2.60. The van der Waals surface area contributed by atoms with Crippen molar-refractivity contribution < 1.29 is 4.79 Å². The van der Waals surface area contributed by atoms with Crippen molar-refractivity contribution in [2.45, 2.75) is 13.3 Å². The van der Waals surface area contributed by atoms with Gasteiger partial charge in [0.25, 0.3) is 11.5 Å². The molecule has 8 nitrogen and oxygen atoms in total. The van der Waals surface area contributed by atoms with Crippen molar-refractivity contribution in [3.05, 3.63) is 81.5 Å². The topological polar surface area (TPSA) is 101 Å². The molecule has 3 aromatic rings. The molecular formula is C22H22N6O2. The van der Waals surface area contributed by atoms with Gasteiger partial charge in [0.2, 0.25) is 0 Å². The van der Waals surface area contributed by atoms with Crippen LogP contribution in [0.1, 0.15) is 27.0 Å². The third-order valence-electron chi connectivity index (χ3n) is 4.96. The molecule has 152 valence electrons. The largest absolute Gasteiger partial charge is 0.355 e. The number of pyridine rings is 3. The number of nitrogens with one attached hydrogen (secondary N) is 3. The number of carbonyl (C=O) groups is 1. The smallest absolute Gasteiger partial charge is 0.259 e. The molecule has 1 aliphatic carbocycles. The molecule has 0 radical (unpaired) electrons. The van der Waals surface area contributed by atoms with E-state index in [4.69, 9.17) is 0 Å². The summed E-state index contributed by atoms with van der Waals surface area (Å²) in [5.74, 6) is 0.900. The third-order valence-corrected chi connectivity index (χ3v) is 4.96. The predicted molar refractivity (Wildman–Crippen MR) is 117 cm³/mol. The molecule has 0 saturated heterocycles. The van der Waals surface area contributed by atoms with Gasteiger partial charge in [-0.15, -0.1) is 0 Å². The SMILES string of the molecule is CNC(=O)c1cnc(Nc2ccc(C)cn2)cc1NC1=CCc2ccn(C)c(=O)c21. The molecule has 0 bridgehead atoms. The van der Waals surface area contributed by atoms with E-state index in [0.29, 0.717) is 40.6 Å². The van der Waals surface area contributed by atoms with Crippen LogP contribution in [0.15, 0.2) is 53.7 Å². The number of allylic oxidation sites excluding steroid dienone is 1. The van der Waals surface area contributed by atoms with Gasteiger partial charge in [-0.1, -0.05) is 12.1 Å². The first-order valence-electron chi connectivity index (χ1n) is 9.54. The fourth-order valence-electron chi connectivity index (χ4n) is 3.31. The van der Waals surface area contributed by atoms with Gasteiger partial charge in [-0.3, -0.25) is 9.59 Å². The number of rotatable bonds is 5. The molecule has 0 aliphatic heterocycles. The summed E-state index contributed by atoms with van der Waals surface area (Å²) in [7, 11) is 3.28. The second-order valence-corrected chi connectivity index (χ2v) is 7.12. The number of fused-ring (bicyclic) bond motifs is 1. The van der Waals surface area contributed by atoms with Crippen LogP contribution >= 0.6 is 0 Å². The molecule has 3 aromatic heterocycles. The van der Waals surface area contributed by atoms with Gasteiger partial charge in [0.05, 0.1) is 16.8 Å². The number of nitrogens with zero attached hydrogens (tertiary/aromatic N) is 3. The standard InChI is InChI=1S/C22H22N6O2/c1-13-4-7-18(24-11-13)27-19-10-17(15(12-25-19)21(29)23-2)26-16-6-5-14-8-9-28(3)22(30)20(14)16/h4,6-12H,5H2,1-3H3,(H,23,29)(H2,24,25,26,27). The molecule has 4 rings (SSSR count). The van der Waals surface area contributed by atoms with Gasteiger partial charge in [0.15, 0.2) is 0 Å². The van der Waals surface area contributed by atoms with Crippen molar-refractivity contribution in [2.24, 2.45) is 7.05 Å². The molecule has 3 N–H and O–H groups in total. The van der Waals surface area contributed by atoms with E-state index in [0.717, 1.165) is 11.1 Å². The molecule has 8 heteroatoms. The Morgan fingerprint density at radius 3 is 2.63 bits per heavy atom. The first-order valence-corrected chi connectivity index (χ1v) is 9.54. The number of anilines is 3. The zero-order valence-electron chi connectivity index (χ0n) is 17.0. The first-order chi connectivity index (χ1) is 14.5. The minimum atomic E-state index is -0.273. The van der Waals surface area contributed by atoms with Crippen LogP contribution < -0.4 is 21.5 Å². The number of aryl methyl sites for hydroxylation is 2. The highest BCUT2D eigenvalue weighted by atomic mass is 16.1. The third kappa shape index (κ3) is 3.67. The number of carbonyl (C=O) groups excluding carboxylic acids is 1. The van der Waals surface area contributed by atoms with Crippen molar-refractivity contribution in [2.75, 3.05) is 17.7 Å². The summed E-state index contributed by atoms with van der Waals surface area (Å²) < 4.78 is 1.54. The number of amides is 1. The Kier molecular flexibility index (Phi) is 5.05. The van der Waals surface area contributed by atoms with E-state index in [2.05, 4.69) is 25.9 Å². The number of hydrogen-bond donors (Lipinski definition) is 3. The summed E-state index contributed by atoms with van der Waals surface area (Å²) in [5, 5.41) is 9.04. The van der Waals surface area contributed by atoms with Gasteiger partial charge in [-0.05, 0) is 36.6 Å². The summed E-state index contributed by atoms with van der Waals surface area (Å²) in [4.78, 5) is 33.7. The Morgan fingerprint density at radius 1 is 1.10 bits per heavy atom. The molecule has 0 fully saturated rings. The Labute approximate surface area is 173 Å². The van der Waals surface area contributed by atoms with E-state index in [9.17, 15) is 9.59 Å². The molecule has 1 amide bonds. The molecule has 0 aromatic carbocycles. The van der Waals surface area contributed by atoms with Crippen LogP contribution in [-0.4, -0.2) is 27.5 Å². The summed E-state index contributed by atoms with van der Waals surface area (Å²) in [6, 6.07) is 7.47. The summed E-state index contributed by atoms with van der Waals surface area (Å²) in [6.45, 7) is 1.96. The molecule has 1 aliphatic rings. The van der Waals surface area contributed by atoms with Crippen molar-refractivity contribution >= 4 is 28.9 Å². The van der Waals surface area contributed by atoms with Crippen molar-refractivity contribution in [3.8, 4) is 0 Å². The van der Waals surface area contributed by atoms with Gasteiger partial charge in [0.1, 0.15) is 11.6 Å². The highest BCUT2D eigenvalue weighted by molar-refractivity contribution is 6.01. The summed E-state index contributed by atoms with van der Waals surface area (Å²) in [6.07, 6.45) is 7.63. The highest BCUT2D eigenvalue weighted by Gasteiger charge is 2.21. The van der Waals surface area contributed by atoms with Crippen molar-refractivity contribution in [3.63, 3.8) is 0 Å². The maximum absolute atomic E-state index is 12.6. The molecule has 0 atom stereocenters. The van der Waals surface area contributed by atoms with Gasteiger partial charge in [-0.2, -0.15) is 0 Å². The second-order valence-electron chi connectivity index (χ2n) is 7.12. The molecule has 30 heavy (non-hydrogen) atoms. The van der Waals surface area contributed by atoms with E-state index in [-0.39, 0.29) is 11.5 Å². The van der Waals surface area contributed by atoms with E-state index in [1.807, 2.05) is 31.2 Å². The molecule has 3 heterocycles. The van der Waals surface area contributed by atoms with Crippen LogP contribution in [-0.2, 0) is 13.5 Å². The maximum atomic E-state index is 12.6. The van der Waals surface area contributed by atoms with Crippen LogP contribution in [0.3, 0.4) is 0 Å². The lowest BCUT2D eigenvalue weighted by molar-refractivity contribution is 0.0963. The lowest BCUT2D eigenvalue weighted by atomic mass is 10.1. The fourth-order valence-corrected chi connectivity index (χ4v) is 3.31. The minimum absolute atomic E-state index is 0.0819. The van der Waals surface area contributed by atoms with Crippen molar-refractivity contribution in [1.82, 2.24) is 19.9 Å². The average Bonchev–Trinajstić information content (AvgIpc) is 3.15. The van der Waals surface area contributed by atoms with Gasteiger partial charge >= 0.3 is 0 Å². The van der Waals surface area contributed by atoms with Gasteiger partial charge in [-0.25, -0.2) is 9.97 Å². The highest BCUT2D eigenvalue weighted by Crippen LogP contribution is 2.29. The molecule has 0 unspecified atom stereocenters. The second kappa shape index (κ2) is 7.82. The zero-order valence-corrected chi connectivity index (χ0v) is 17.0. The van der Waals surface area contributed by atoms with E-state index in [1.165, 1.54) is 6.20 Å². The normalized spacial score (nSPS) is 12.2. The van der Waals surface area contributed by atoms with E-state index < -0.39 is 0 Å². The maximum Gasteiger partial charge on any atom is 0.259 e. The number of hydrogen-bond acceptors (Lipinski definition) is 6. The summed E-state index contributed by atoms with van der Waals surface area (Å²) >= 11 is 0. The van der Waals surface area contributed by atoms with Gasteiger partial charge in [0, 0.05) is 44.4 Å². The molecular weight excluding hydrogens is 380 g/mol. The van der Waals surface area contributed by atoms with Crippen molar-refractivity contribution in [1.29, 1.82) is 0 Å². The average molecular weight is 402 g/mol. The fraction of sp³-hybridized carbons (Fsp3) is 0.182. The Balaban J connectivity index is 1.70. The minimum Gasteiger partial charge on any atom is -0.355 e. The molecule has 0 saturated carbocycles. The zero-order chi connectivity index (χ0) is 21.3. The van der Waals surface area contributed by atoms with Crippen LogP contribution in [0.4, 0.5) is 17.3 Å². The van der Waals surface area contributed by atoms with Crippen LogP contribution in [0, 0.1) is 6.92 Å². The summed E-state index contributed by atoms with van der Waals surface area (Å²) in [5.41, 5.74) is 4.15. The van der Waals surface area contributed by atoms with Gasteiger partial charge < -0.3 is 20.5 Å². The quantitative estimate of drug-likeness (QED) is 0.607. The first kappa shape index (κ1) is 19.4. The molecule has 0 spiro atoms. The Morgan fingerprint density at radius 2 is 1.90 bits per heavy atom.